The minimum absolute atomic E-state index is 0.157. The van der Waals surface area contributed by atoms with Gasteiger partial charge in [-0.1, -0.05) is 60.7 Å². The molecule has 0 spiro atoms. The van der Waals surface area contributed by atoms with Crippen LogP contribution in [0, 0.1) is 0 Å². The Hall–Kier alpha value is -2.88. The summed E-state index contributed by atoms with van der Waals surface area (Å²) in [6.07, 6.45) is 2.98. The zero-order valence-corrected chi connectivity index (χ0v) is 24.2. The summed E-state index contributed by atoms with van der Waals surface area (Å²) < 4.78 is 29.9. The summed E-state index contributed by atoms with van der Waals surface area (Å²) in [5, 5.41) is 2.32. The molecule has 0 bridgehead atoms. The van der Waals surface area contributed by atoms with Gasteiger partial charge in [0.05, 0.1) is 13.2 Å². The summed E-state index contributed by atoms with van der Waals surface area (Å²) in [6.45, 7) is 3.72. The highest BCUT2D eigenvalue weighted by molar-refractivity contribution is 8.00. The van der Waals surface area contributed by atoms with Gasteiger partial charge in [0, 0.05) is 19.8 Å². The molecule has 2 aliphatic heterocycles. The number of hydrogen-bond acceptors (Lipinski definition) is 8. The summed E-state index contributed by atoms with van der Waals surface area (Å²) in [7, 11) is 0.0622. The highest BCUT2D eigenvalue weighted by atomic mass is 32.2. The lowest BCUT2D eigenvalue weighted by molar-refractivity contribution is -0.153. The number of thioether (sulfide) groups is 1. The van der Waals surface area contributed by atoms with Crippen molar-refractivity contribution in [1.29, 1.82) is 0 Å². The third-order valence-corrected chi connectivity index (χ3v) is 9.18. The van der Waals surface area contributed by atoms with E-state index in [0.29, 0.717) is 11.3 Å². The number of allylic oxidation sites excluding steroid dienone is 1. The molecule has 0 aliphatic carbocycles. The van der Waals surface area contributed by atoms with Gasteiger partial charge in [0.1, 0.15) is 17.1 Å². The largest absolute Gasteiger partial charge is 0.448 e. The average molecular weight is 572 g/mol. The lowest BCUT2D eigenvalue weighted by Gasteiger charge is -2.50. The fourth-order valence-corrected chi connectivity index (χ4v) is 7.27. The van der Waals surface area contributed by atoms with Crippen LogP contribution in [0.1, 0.15) is 31.1 Å². The first-order valence-electron chi connectivity index (χ1n) is 12.8. The molecule has 2 atom stereocenters. The number of ether oxygens (including phenoxy) is 1. The Morgan fingerprint density at radius 1 is 1.08 bits per heavy atom. The zero-order valence-electron chi connectivity index (χ0n) is 22.5. The summed E-state index contributed by atoms with van der Waals surface area (Å²) >= 11 is 1.47. The van der Waals surface area contributed by atoms with Gasteiger partial charge in [0.25, 0.3) is 0 Å². The third-order valence-electron chi connectivity index (χ3n) is 6.09. The molecule has 2 aromatic rings. The van der Waals surface area contributed by atoms with Gasteiger partial charge in [-0.25, -0.2) is 14.4 Å². The summed E-state index contributed by atoms with van der Waals surface area (Å²) in [5.41, 5.74) is 2.47. The fourth-order valence-electron chi connectivity index (χ4n) is 4.35. The van der Waals surface area contributed by atoms with Crippen LogP contribution in [0.3, 0.4) is 0 Å². The Labute approximate surface area is 233 Å². The van der Waals surface area contributed by atoms with E-state index in [-0.39, 0.29) is 18.9 Å². The van der Waals surface area contributed by atoms with E-state index in [4.69, 9.17) is 13.8 Å². The van der Waals surface area contributed by atoms with Gasteiger partial charge >= 0.3 is 13.7 Å². The molecule has 0 aromatic heterocycles. The van der Waals surface area contributed by atoms with Crippen molar-refractivity contribution in [3.8, 4) is 0 Å². The molecule has 11 heteroatoms. The van der Waals surface area contributed by atoms with Gasteiger partial charge in [-0.05, 0) is 42.8 Å². The first-order chi connectivity index (χ1) is 18.8. The van der Waals surface area contributed by atoms with Crippen LogP contribution in [0.5, 0.6) is 0 Å². The molecule has 1 fully saturated rings. The maximum absolute atomic E-state index is 13.9. The van der Waals surface area contributed by atoms with E-state index in [9.17, 15) is 14.2 Å². The Bertz CT molecular complexity index is 1220. The van der Waals surface area contributed by atoms with Crippen LogP contribution < -0.4 is 5.09 Å². The maximum atomic E-state index is 13.9. The molecule has 1 saturated heterocycles. The molecule has 0 radical (unpaired) electrons. The highest BCUT2D eigenvalue weighted by Gasteiger charge is 2.56. The van der Waals surface area contributed by atoms with E-state index in [0.717, 1.165) is 11.1 Å². The topological polar surface area (TPSA) is 97.4 Å². The number of carbonyl (C=O) groups excluding carboxylic acids is 2. The van der Waals surface area contributed by atoms with Crippen LogP contribution in [0.25, 0.3) is 0 Å². The molecule has 2 heterocycles. The van der Waals surface area contributed by atoms with Crippen LogP contribution >= 0.6 is 19.5 Å². The molecule has 2 unspecified atom stereocenters. The van der Waals surface area contributed by atoms with Crippen molar-refractivity contribution in [2.45, 2.75) is 31.4 Å². The first-order valence-corrected chi connectivity index (χ1v) is 15.4. The Morgan fingerprint density at radius 2 is 1.64 bits per heavy atom. The number of rotatable bonds is 12. The molecule has 1 amide bonds. The molecule has 4 rings (SSSR count). The first kappa shape index (κ1) is 29.1. The third kappa shape index (κ3) is 6.65. The smallest absolute Gasteiger partial charge is 0.406 e. The summed E-state index contributed by atoms with van der Waals surface area (Å²) in [5.74, 6) is -0.553. The predicted molar refractivity (Wildman–Crippen MR) is 152 cm³/mol. The minimum atomic E-state index is -3.69. The molecule has 0 saturated carbocycles. The van der Waals surface area contributed by atoms with Crippen LogP contribution in [0.4, 0.5) is 0 Å². The second-order valence-corrected chi connectivity index (χ2v) is 12.0. The lowest BCUT2D eigenvalue weighted by atomic mass is 10.0. The number of β-lactam (4-membered cyclic amide) rings is 1. The van der Waals surface area contributed by atoms with Crippen LogP contribution in [-0.2, 0) is 27.9 Å². The monoisotopic (exact) mass is 571 g/mol. The second-order valence-electron chi connectivity index (χ2n) is 9.11. The normalized spacial score (nSPS) is 19.3. The Morgan fingerprint density at radius 3 is 2.15 bits per heavy atom. The number of benzene rings is 2. The minimum Gasteiger partial charge on any atom is -0.448 e. The SMILES string of the molecule is CCOP(=O)(NC1C(=O)N2C(C(=O)OC(c3ccccc3)c3ccccc3)=C(C=CN(C)C)CSC12)OCC. The quantitative estimate of drug-likeness (QED) is 0.221. The summed E-state index contributed by atoms with van der Waals surface area (Å²) in [6, 6.07) is 18.1. The molecular formula is C28H34N3O6PS. The van der Waals surface area contributed by atoms with Crippen LogP contribution in [0.2, 0.25) is 0 Å². The number of esters is 1. The molecule has 208 valence electrons. The van der Waals surface area contributed by atoms with Gasteiger partial charge in [-0.15, -0.1) is 11.8 Å². The standard InChI is InChI=1S/C28H34N3O6PS/c1-5-35-38(34,36-6-2)29-23-26(32)31-24(22(17-18-30(3)4)19-39-27(23)31)28(33)37-25(20-13-9-7-10-14-20)21-15-11-8-12-16-21/h7-18,23,25,27H,5-6,19H2,1-4H3,(H,29,34). The van der Waals surface area contributed by atoms with Crippen LogP contribution in [0.15, 0.2) is 84.2 Å². The highest BCUT2D eigenvalue weighted by Crippen LogP contribution is 2.49. The summed E-state index contributed by atoms with van der Waals surface area (Å²) in [4.78, 5) is 30.6. The van der Waals surface area contributed by atoms with Gasteiger partial charge in [0.15, 0.2) is 6.10 Å². The Balaban J connectivity index is 1.66. The van der Waals surface area contributed by atoms with Crippen LogP contribution in [-0.4, -0.2) is 66.2 Å². The van der Waals surface area contributed by atoms with E-state index >= 15 is 0 Å². The number of fused-ring (bicyclic) bond motifs is 1. The number of hydrogen-bond donors (Lipinski definition) is 1. The van der Waals surface area contributed by atoms with Crippen molar-refractivity contribution in [3.63, 3.8) is 0 Å². The van der Waals surface area contributed by atoms with Crippen molar-refractivity contribution in [1.82, 2.24) is 14.9 Å². The lowest BCUT2D eigenvalue weighted by Crippen LogP contribution is -2.69. The van der Waals surface area contributed by atoms with Gasteiger partial charge in [0.2, 0.25) is 5.91 Å². The van der Waals surface area contributed by atoms with E-state index in [1.807, 2.05) is 91.9 Å². The predicted octanol–water partition coefficient (Wildman–Crippen LogP) is 4.70. The van der Waals surface area contributed by atoms with Crippen molar-refractivity contribution in [2.75, 3.05) is 33.1 Å². The van der Waals surface area contributed by atoms with Crippen molar-refractivity contribution in [2.24, 2.45) is 0 Å². The molecule has 39 heavy (non-hydrogen) atoms. The number of nitrogens with zero attached hydrogens (tertiary/aromatic N) is 2. The average Bonchev–Trinajstić information content (AvgIpc) is 2.94. The molecule has 1 N–H and O–H groups in total. The van der Waals surface area contributed by atoms with Crippen molar-refractivity contribution < 1.29 is 27.9 Å². The van der Waals surface area contributed by atoms with Crippen molar-refractivity contribution >= 4 is 31.4 Å². The van der Waals surface area contributed by atoms with Crippen molar-refractivity contribution in [3.05, 3.63) is 95.3 Å². The van der Waals surface area contributed by atoms with E-state index < -0.39 is 37.1 Å². The number of amides is 1. The van der Waals surface area contributed by atoms with Gasteiger partial charge in [-0.3, -0.25) is 18.7 Å². The number of carbonyl (C=O) groups is 2. The Kier molecular flexibility index (Phi) is 9.69. The van der Waals surface area contributed by atoms with Gasteiger partial charge in [-0.2, -0.15) is 0 Å². The maximum Gasteiger partial charge on any atom is 0.406 e. The molecule has 9 nitrogen and oxygen atoms in total. The number of nitrogens with one attached hydrogen (secondary N) is 1. The van der Waals surface area contributed by atoms with E-state index in [1.54, 1.807) is 13.8 Å². The van der Waals surface area contributed by atoms with Gasteiger partial charge < -0.3 is 9.64 Å². The van der Waals surface area contributed by atoms with E-state index in [2.05, 4.69) is 5.09 Å². The van der Waals surface area contributed by atoms with E-state index in [1.165, 1.54) is 16.7 Å². The molecule has 2 aliphatic rings. The molecule has 2 aromatic carbocycles. The zero-order chi connectivity index (χ0) is 28.0. The molecular weight excluding hydrogens is 537 g/mol. The second kappa shape index (κ2) is 13.0. The fraction of sp³-hybridized carbons (Fsp3) is 0.357.